The molecular formula is C48H36N8O5S4. The fourth-order valence-corrected chi connectivity index (χ4v) is 11.2. The largest absolute Gasteiger partial charge is 0.472 e. The first-order valence-corrected chi connectivity index (χ1v) is 24.4. The number of benzene rings is 4. The van der Waals surface area contributed by atoms with Gasteiger partial charge in [0.05, 0.1) is 56.6 Å². The quantitative estimate of drug-likeness (QED) is 0.0832. The second-order valence-corrected chi connectivity index (χ2v) is 18.9. The van der Waals surface area contributed by atoms with Crippen molar-refractivity contribution in [3.8, 4) is 44.8 Å². The van der Waals surface area contributed by atoms with E-state index in [4.69, 9.17) is 14.4 Å². The number of hydrogen-bond acceptors (Lipinski definition) is 13. The van der Waals surface area contributed by atoms with Gasteiger partial charge in [0.2, 0.25) is 17.8 Å². The summed E-state index contributed by atoms with van der Waals surface area (Å²) in [5, 5.41) is 6.67. The molecule has 0 saturated carbocycles. The van der Waals surface area contributed by atoms with Gasteiger partial charge in [-0.3, -0.25) is 33.6 Å². The molecule has 10 rings (SSSR count). The minimum atomic E-state index is -0.338. The van der Waals surface area contributed by atoms with Crippen LogP contribution in [0.15, 0.2) is 168 Å². The van der Waals surface area contributed by atoms with E-state index in [1.54, 1.807) is 40.1 Å². The summed E-state index contributed by atoms with van der Waals surface area (Å²) < 4.78 is 8.35. The number of nitrogens with one attached hydrogen (secondary N) is 2. The number of carbonyl (C=O) groups is 2. The summed E-state index contributed by atoms with van der Waals surface area (Å²) in [5.41, 5.74) is 8.34. The minimum absolute atomic E-state index is 0.0257. The molecule has 322 valence electrons. The summed E-state index contributed by atoms with van der Waals surface area (Å²) >= 11 is 5.44. The molecule has 0 saturated heterocycles. The highest BCUT2D eigenvalue weighted by atomic mass is 32.2. The van der Waals surface area contributed by atoms with Crippen LogP contribution in [0.25, 0.3) is 44.8 Å². The molecule has 65 heavy (non-hydrogen) atoms. The number of para-hydroxylation sites is 2. The van der Waals surface area contributed by atoms with E-state index >= 15 is 0 Å². The molecule has 2 aliphatic heterocycles. The lowest BCUT2D eigenvalue weighted by Crippen LogP contribution is -2.25. The first-order valence-electron chi connectivity index (χ1n) is 20.5. The van der Waals surface area contributed by atoms with Gasteiger partial charge in [0.1, 0.15) is 0 Å². The Morgan fingerprint density at radius 3 is 1.95 bits per heavy atom. The summed E-state index contributed by atoms with van der Waals surface area (Å²) in [7, 11) is 0. The van der Waals surface area contributed by atoms with Gasteiger partial charge in [0.25, 0.3) is 11.1 Å². The molecule has 13 nitrogen and oxygen atoms in total. The Kier molecular flexibility index (Phi) is 12.2. The van der Waals surface area contributed by atoms with Crippen LogP contribution >= 0.6 is 47.0 Å². The van der Waals surface area contributed by atoms with E-state index in [1.807, 2.05) is 103 Å². The number of furan rings is 1. The van der Waals surface area contributed by atoms with Gasteiger partial charge in [0.15, 0.2) is 10.3 Å². The second kappa shape index (κ2) is 18.8. The van der Waals surface area contributed by atoms with Crippen LogP contribution in [0.3, 0.4) is 0 Å². The zero-order valence-corrected chi connectivity index (χ0v) is 37.6. The fraction of sp³-hybridized carbons (Fsp3) is 0.125. The number of anilines is 2. The van der Waals surface area contributed by atoms with Crippen molar-refractivity contribution in [2.45, 2.75) is 32.9 Å². The van der Waals surface area contributed by atoms with E-state index in [9.17, 15) is 19.2 Å². The highest BCUT2D eigenvalue weighted by molar-refractivity contribution is 8.00. The van der Waals surface area contributed by atoms with Crippen LogP contribution in [0, 0.1) is 0 Å². The SMILES string of the molecule is O=C(CSc1nc2c(c(=O)n1-c1ccccc1)SCC2)Nc1cccc(-c2ccc(-c3ccccc3-n3c(SCC(=O)Nc4ncc(-c5ccoc5)cn4)nc4c(c3=O)SCC4)cc2)c1. The van der Waals surface area contributed by atoms with Gasteiger partial charge in [-0.1, -0.05) is 96.3 Å². The zero-order valence-electron chi connectivity index (χ0n) is 34.3. The van der Waals surface area contributed by atoms with Gasteiger partial charge in [-0.2, -0.15) is 0 Å². The van der Waals surface area contributed by atoms with Gasteiger partial charge in [-0.15, -0.1) is 23.5 Å². The Balaban J connectivity index is 0.848. The van der Waals surface area contributed by atoms with Gasteiger partial charge >= 0.3 is 0 Å². The summed E-state index contributed by atoms with van der Waals surface area (Å²) in [6.45, 7) is 0. The van der Waals surface area contributed by atoms with Crippen molar-refractivity contribution in [2.24, 2.45) is 0 Å². The molecule has 0 radical (unpaired) electrons. The molecule has 2 amide bonds. The molecule has 0 aliphatic carbocycles. The van der Waals surface area contributed by atoms with Gasteiger partial charge in [-0.05, 0) is 53.1 Å². The van der Waals surface area contributed by atoms with Crippen molar-refractivity contribution < 1.29 is 14.0 Å². The van der Waals surface area contributed by atoms with Crippen LogP contribution in [0.2, 0.25) is 0 Å². The lowest BCUT2D eigenvalue weighted by atomic mass is 9.99. The number of fused-ring (bicyclic) bond motifs is 2. The van der Waals surface area contributed by atoms with Crippen LogP contribution in [0.5, 0.6) is 0 Å². The Morgan fingerprint density at radius 1 is 0.631 bits per heavy atom. The van der Waals surface area contributed by atoms with Gasteiger partial charge < -0.3 is 9.73 Å². The van der Waals surface area contributed by atoms with Crippen molar-refractivity contribution in [2.75, 3.05) is 33.6 Å². The van der Waals surface area contributed by atoms with Crippen LogP contribution in [0.4, 0.5) is 11.6 Å². The van der Waals surface area contributed by atoms with E-state index in [-0.39, 0.29) is 40.4 Å². The third-order valence-corrected chi connectivity index (χ3v) is 14.7. The minimum Gasteiger partial charge on any atom is -0.472 e. The molecule has 0 spiro atoms. The number of aromatic nitrogens is 6. The molecule has 4 aromatic heterocycles. The van der Waals surface area contributed by atoms with Crippen molar-refractivity contribution in [1.82, 2.24) is 29.1 Å². The molecule has 0 unspecified atom stereocenters. The lowest BCUT2D eigenvalue weighted by Gasteiger charge is -2.17. The van der Waals surface area contributed by atoms with Crippen molar-refractivity contribution in [3.05, 3.63) is 166 Å². The summed E-state index contributed by atoms with van der Waals surface area (Å²) in [6, 6.07) is 34.5. The maximum Gasteiger partial charge on any atom is 0.272 e. The summed E-state index contributed by atoms with van der Waals surface area (Å²) in [6.07, 6.45) is 7.78. The molecule has 2 aliphatic rings. The first kappa shape index (κ1) is 42.3. The summed E-state index contributed by atoms with van der Waals surface area (Å²) in [4.78, 5) is 73.9. The van der Waals surface area contributed by atoms with Crippen molar-refractivity contribution in [1.29, 1.82) is 0 Å². The third kappa shape index (κ3) is 9.04. The van der Waals surface area contributed by atoms with E-state index in [2.05, 4.69) is 20.6 Å². The molecule has 4 aromatic carbocycles. The third-order valence-electron chi connectivity index (χ3n) is 10.6. The number of amides is 2. The number of thioether (sulfide) groups is 4. The molecule has 0 fully saturated rings. The van der Waals surface area contributed by atoms with E-state index < -0.39 is 0 Å². The van der Waals surface area contributed by atoms with E-state index in [0.29, 0.717) is 43.6 Å². The number of aryl methyl sites for hydroxylation is 2. The molecule has 17 heteroatoms. The molecule has 0 atom stereocenters. The van der Waals surface area contributed by atoms with Crippen molar-refractivity contribution >= 4 is 70.5 Å². The predicted molar refractivity (Wildman–Crippen MR) is 258 cm³/mol. The number of rotatable bonds is 13. The standard InChI is InChI=1S/C48H36N8O5S4/c57-40(27-64-47-52-37-18-21-62-42(37)44(59)55(47)35-9-2-1-3-10-35)51-34-8-6-7-31(23-34)29-13-15-30(16-14-29)36-11-4-5-12-39(36)56-45(60)43-38(19-22-63-43)53-48(56)65-28-41(58)54-46-49-24-33(25-50-46)32-17-20-61-26-32/h1-17,20,23-26H,18-19,21-22,27-28H2,(H,51,57)(H,49,50,54,58). The predicted octanol–water partition coefficient (Wildman–Crippen LogP) is 8.92. The van der Waals surface area contributed by atoms with Crippen molar-refractivity contribution in [3.63, 3.8) is 0 Å². The average molecular weight is 933 g/mol. The van der Waals surface area contributed by atoms with Crippen LogP contribution < -0.4 is 21.8 Å². The molecule has 6 heterocycles. The molecule has 0 bridgehead atoms. The van der Waals surface area contributed by atoms with Gasteiger partial charge in [0, 0.05) is 59.1 Å². The highest BCUT2D eigenvalue weighted by Crippen LogP contribution is 2.35. The highest BCUT2D eigenvalue weighted by Gasteiger charge is 2.26. The van der Waals surface area contributed by atoms with E-state index in [0.717, 1.165) is 62.7 Å². The number of carbonyl (C=O) groups excluding carboxylic acids is 2. The Bertz CT molecular complexity index is 3200. The lowest BCUT2D eigenvalue weighted by molar-refractivity contribution is -0.114. The first-order chi connectivity index (χ1) is 31.9. The maximum absolute atomic E-state index is 14.2. The van der Waals surface area contributed by atoms with Gasteiger partial charge in [-0.25, -0.2) is 19.9 Å². The van der Waals surface area contributed by atoms with Crippen LogP contribution in [-0.2, 0) is 22.4 Å². The zero-order chi connectivity index (χ0) is 44.3. The number of nitrogens with zero attached hydrogens (tertiary/aromatic N) is 6. The topological polar surface area (TPSA) is 167 Å². The fourth-order valence-electron chi connectivity index (χ4n) is 7.52. The van der Waals surface area contributed by atoms with E-state index in [1.165, 1.54) is 47.0 Å². The monoisotopic (exact) mass is 932 g/mol. The second-order valence-electron chi connectivity index (χ2n) is 14.8. The maximum atomic E-state index is 14.2. The normalized spacial score (nSPS) is 12.7. The van der Waals surface area contributed by atoms with Crippen LogP contribution in [0.1, 0.15) is 11.4 Å². The molecule has 2 N–H and O–H groups in total. The smallest absolute Gasteiger partial charge is 0.272 e. The molecule has 8 aromatic rings. The Morgan fingerprint density at radius 2 is 1.26 bits per heavy atom. The molecular weight excluding hydrogens is 897 g/mol. The average Bonchev–Trinajstić information content (AvgIpc) is 4.15. The summed E-state index contributed by atoms with van der Waals surface area (Å²) in [5.74, 6) is 1.22. The Labute approximate surface area is 389 Å². The Hall–Kier alpha value is -6.66. The van der Waals surface area contributed by atoms with Crippen LogP contribution in [-0.4, -0.2) is 63.9 Å². The number of hydrogen-bond donors (Lipinski definition) is 2.